The molecule has 0 spiro atoms. The standard InChI is InChI=1S/C12H16N2O6S/c1-12(2,7-10(15)16)13-8-5-4-6-9(21(3,19)20)11(8)14(17)18/h4-6,13H,7H2,1-3H3,(H,15,16). The van der Waals surface area contributed by atoms with Crippen molar-refractivity contribution < 1.29 is 23.2 Å². The minimum atomic E-state index is -3.78. The molecule has 9 heteroatoms. The number of rotatable bonds is 6. The predicted octanol–water partition coefficient (Wildman–Crippen LogP) is 1.66. The lowest BCUT2D eigenvalue weighted by Crippen LogP contribution is -2.34. The number of sulfone groups is 1. The highest BCUT2D eigenvalue weighted by atomic mass is 32.2. The third kappa shape index (κ3) is 4.42. The Morgan fingerprint density at radius 3 is 2.43 bits per heavy atom. The lowest BCUT2D eigenvalue weighted by molar-refractivity contribution is -0.386. The van der Waals surface area contributed by atoms with Gasteiger partial charge in [0.25, 0.3) is 0 Å². The summed E-state index contributed by atoms with van der Waals surface area (Å²) in [6.45, 7) is 3.11. The fourth-order valence-electron chi connectivity index (χ4n) is 1.90. The summed E-state index contributed by atoms with van der Waals surface area (Å²) < 4.78 is 23.3. The molecule has 0 heterocycles. The van der Waals surface area contributed by atoms with E-state index in [-0.39, 0.29) is 12.1 Å². The van der Waals surface area contributed by atoms with Gasteiger partial charge in [0.2, 0.25) is 0 Å². The van der Waals surface area contributed by atoms with E-state index in [1.54, 1.807) is 13.8 Å². The molecule has 0 amide bonds. The minimum Gasteiger partial charge on any atom is -0.481 e. The van der Waals surface area contributed by atoms with E-state index in [4.69, 9.17) is 5.11 Å². The van der Waals surface area contributed by atoms with Gasteiger partial charge in [0.15, 0.2) is 9.84 Å². The summed E-state index contributed by atoms with van der Waals surface area (Å²) in [5.74, 6) is -1.07. The van der Waals surface area contributed by atoms with Crippen molar-refractivity contribution in [2.75, 3.05) is 11.6 Å². The first-order chi connectivity index (χ1) is 9.44. The van der Waals surface area contributed by atoms with E-state index in [9.17, 15) is 23.3 Å². The highest BCUT2D eigenvalue weighted by molar-refractivity contribution is 7.90. The van der Waals surface area contributed by atoms with E-state index in [0.29, 0.717) is 0 Å². The summed E-state index contributed by atoms with van der Waals surface area (Å²) in [6, 6.07) is 3.85. The molecule has 0 bridgehead atoms. The quantitative estimate of drug-likeness (QED) is 0.603. The Labute approximate surface area is 121 Å². The summed E-state index contributed by atoms with van der Waals surface area (Å²) in [7, 11) is -3.78. The maximum absolute atomic E-state index is 11.6. The molecule has 1 aromatic rings. The van der Waals surface area contributed by atoms with Crippen molar-refractivity contribution in [2.24, 2.45) is 0 Å². The molecule has 0 saturated carbocycles. The smallest absolute Gasteiger partial charge is 0.310 e. The Kier molecular flexibility index (Phi) is 4.57. The van der Waals surface area contributed by atoms with Gasteiger partial charge in [-0.05, 0) is 26.0 Å². The van der Waals surface area contributed by atoms with Gasteiger partial charge in [-0.2, -0.15) is 0 Å². The number of benzene rings is 1. The van der Waals surface area contributed by atoms with Crippen LogP contribution in [0, 0.1) is 10.1 Å². The lowest BCUT2D eigenvalue weighted by Gasteiger charge is -2.25. The Morgan fingerprint density at radius 1 is 1.43 bits per heavy atom. The number of para-hydroxylation sites is 1. The monoisotopic (exact) mass is 316 g/mol. The van der Waals surface area contributed by atoms with E-state index in [0.717, 1.165) is 12.3 Å². The molecular formula is C12H16N2O6S. The summed E-state index contributed by atoms with van der Waals surface area (Å²) in [4.78, 5) is 20.8. The number of carboxylic acids is 1. The molecule has 0 fully saturated rings. The minimum absolute atomic E-state index is 0.0332. The highest BCUT2D eigenvalue weighted by Crippen LogP contribution is 2.34. The Morgan fingerprint density at radius 2 is 2.00 bits per heavy atom. The molecular weight excluding hydrogens is 300 g/mol. The van der Waals surface area contributed by atoms with Gasteiger partial charge < -0.3 is 10.4 Å². The van der Waals surface area contributed by atoms with Crippen LogP contribution in [0.4, 0.5) is 11.4 Å². The molecule has 21 heavy (non-hydrogen) atoms. The number of aliphatic carboxylic acids is 1. The largest absolute Gasteiger partial charge is 0.481 e. The van der Waals surface area contributed by atoms with Crippen LogP contribution in [0.3, 0.4) is 0 Å². The van der Waals surface area contributed by atoms with E-state index >= 15 is 0 Å². The third-order valence-corrected chi connectivity index (χ3v) is 3.78. The van der Waals surface area contributed by atoms with Crippen LogP contribution in [0.1, 0.15) is 20.3 Å². The van der Waals surface area contributed by atoms with Crippen molar-refractivity contribution >= 4 is 27.2 Å². The van der Waals surface area contributed by atoms with Gasteiger partial charge in [0, 0.05) is 11.8 Å². The molecule has 0 saturated heterocycles. The zero-order chi connectivity index (χ0) is 16.4. The number of carbonyl (C=O) groups is 1. The first-order valence-corrected chi connectivity index (χ1v) is 7.80. The van der Waals surface area contributed by atoms with Crippen LogP contribution in [-0.2, 0) is 14.6 Å². The van der Waals surface area contributed by atoms with Crippen LogP contribution in [0.25, 0.3) is 0 Å². The SMILES string of the molecule is CC(C)(CC(=O)O)Nc1cccc(S(C)(=O)=O)c1[N+](=O)[O-]. The molecule has 1 aromatic carbocycles. The van der Waals surface area contributed by atoms with Gasteiger partial charge in [-0.3, -0.25) is 14.9 Å². The number of nitrogens with one attached hydrogen (secondary N) is 1. The average molecular weight is 316 g/mol. The van der Waals surface area contributed by atoms with E-state index in [2.05, 4.69) is 5.32 Å². The highest BCUT2D eigenvalue weighted by Gasteiger charge is 2.30. The van der Waals surface area contributed by atoms with Crippen LogP contribution < -0.4 is 5.32 Å². The van der Waals surface area contributed by atoms with Gasteiger partial charge in [-0.15, -0.1) is 0 Å². The molecule has 0 aliphatic carbocycles. The van der Waals surface area contributed by atoms with E-state index in [1.807, 2.05) is 0 Å². The maximum atomic E-state index is 11.6. The van der Waals surface area contributed by atoms with Crippen LogP contribution in [0.15, 0.2) is 23.1 Å². The number of nitrogens with zero attached hydrogens (tertiary/aromatic N) is 1. The molecule has 0 aromatic heterocycles. The second kappa shape index (κ2) is 5.68. The van der Waals surface area contributed by atoms with Crippen LogP contribution in [0.2, 0.25) is 0 Å². The predicted molar refractivity (Wildman–Crippen MR) is 76.2 cm³/mol. The molecule has 0 atom stereocenters. The van der Waals surface area contributed by atoms with Crippen molar-refractivity contribution in [2.45, 2.75) is 30.7 Å². The zero-order valence-electron chi connectivity index (χ0n) is 11.8. The topological polar surface area (TPSA) is 127 Å². The molecule has 0 unspecified atom stereocenters. The Hall–Kier alpha value is -2.16. The van der Waals surface area contributed by atoms with Crippen molar-refractivity contribution in [1.29, 1.82) is 0 Å². The molecule has 0 aliphatic heterocycles. The fraction of sp³-hybridized carbons (Fsp3) is 0.417. The number of hydrogen-bond acceptors (Lipinski definition) is 6. The third-order valence-electron chi connectivity index (χ3n) is 2.65. The molecule has 8 nitrogen and oxygen atoms in total. The molecule has 2 N–H and O–H groups in total. The van der Waals surface area contributed by atoms with Crippen molar-refractivity contribution in [3.05, 3.63) is 28.3 Å². The second-order valence-electron chi connectivity index (χ2n) is 5.26. The van der Waals surface area contributed by atoms with Gasteiger partial charge in [0.1, 0.15) is 10.6 Å². The van der Waals surface area contributed by atoms with Crippen LogP contribution in [0.5, 0.6) is 0 Å². The van der Waals surface area contributed by atoms with Gasteiger partial charge in [0.05, 0.1) is 11.3 Å². The summed E-state index contributed by atoms with van der Waals surface area (Å²) in [5, 5.41) is 22.7. The van der Waals surface area contributed by atoms with Crippen molar-refractivity contribution in [3.8, 4) is 0 Å². The Bertz CT molecular complexity index is 681. The number of nitro benzene ring substituents is 1. The summed E-state index contributed by atoms with van der Waals surface area (Å²) >= 11 is 0. The molecule has 0 aliphatic rings. The summed E-state index contributed by atoms with van der Waals surface area (Å²) in [5.41, 5.74) is -1.60. The Balaban J connectivity index is 3.38. The maximum Gasteiger partial charge on any atom is 0.310 e. The van der Waals surface area contributed by atoms with Crippen molar-refractivity contribution in [1.82, 2.24) is 0 Å². The molecule has 1 rings (SSSR count). The van der Waals surface area contributed by atoms with E-state index in [1.165, 1.54) is 12.1 Å². The van der Waals surface area contributed by atoms with Crippen molar-refractivity contribution in [3.63, 3.8) is 0 Å². The molecule has 116 valence electrons. The number of anilines is 1. The van der Waals surface area contributed by atoms with Gasteiger partial charge in [-0.1, -0.05) is 6.07 Å². The number of hydrogen-bond donors (Lipinski definition) is 2. The first-order valence-electron chi connectivity index (χ1n) is 5.91. The van der Waals surface area contributed by atoms with E-state index < -0.39 is 36.9 Å². The lowest BCUT2D eigenvalue weighted by atomic mass is 10.00. The average Bonchev–Trinajstić information content (AvgIpc) is 2.24. The zero-order valence-corrected chi connectivity index (χ0v) is 12.6. The normalized spacial score (nSPS) is 12.0. The van der Waals surface area contributed by atoms with Gasteiger partial charge >= 0.3 is 11.7 Å². The van der Waals surface area contributed by atoms with Gasteiger partial charge in [-0.25, -0.2) is 8.42 Å². The number of carboxylic acid groups (broad SMARTS) is 1. The van der Waals surface area contributed by atoms with Crippen LogP contribution in [-0.4, -0.2) is 36.2 Å². The second-order valence-corrected chi connectivity index (χ2v) is 7.25. The first kappa shape index (κ1) is 16.9. The number of nitro groups is 1. The fourth-order valence-corrected chi connectivity index (χ4v) is 2.76. The molecule has 0 radical (unpaired) electrons. The summed E-state index contributed by atoms with van der Waals surface area (Å²) in [6.07, 6.45) is 0.592. The van der Waals surface area contributed by atoms with Crippen LogP contribution >= 0.6 is 0 Å².